The largest absolute Gasteiger partial charge is 0.405 e. The van der Waals surface area contributed by atoms with Crippen molar-refractivity contribution in [3.63, 3.8) is 0 Å². The van der Waals surface area contributed by atoms with Gasteiger partial charge >= 0.3 is 0 Å². The molecule has 0 saturated heterocycles. The quantitative estimate of drug-likeness (QED) is 0.577. The fourth-order valence-electron chi connectivity index (χ4n) is 2.87. The normalized spacial score (nSPS) is 17.6. The molecule has 0 radical (unpaired) electrons. The molecule has 0 unspecified atom stereocenters. The van der Waals surface area contributed by atoms with E-state index >= 15 is 0 Å². The molecule has 3 N–H and O–H groups in total. The summed E-state index contributed by atoms with van der Waals surface area (Å²) in [5.41, 5.74) is 5.30. The van der Waals surface area contributed by atoms with Gasteiger partial charge in [-0.1, -0.05) is 51.0 Å². The van der Waals surface area contributed by atoms with E-state index in [2.05, 4.69) is 11.4 Å². The topological polar surface area (TPSA) is 38.0 Å². The van der Waals surface area contributed by atoms with Crippen LogP contribution in [0.1, 0.15) is 70.6 Å². The molecule has 0 aliphatic heterocycles. The summed E-state index contributed by atoms with van der Waals surface area (Å²) in [5, 5.41) is 3.60. The lowest BCUT2D eigenvalue weighted by Gasteiger charge is -2.21. The summed E-state index contributed by atoms with van der Waals surface area (Å²) in [4.78, 5) is 0. The van der Waals surface area contributed by atoms with Gasteiger partial charge < -0.3 is 11.1 Å². The number of hydrogen-bond donors (Lipinski definition) is 2. The third-order valence-corrected chi connectivity index (χ3v) is 4.06. The first-order chi connectivity index (χ1) is 8.93. The molecule has 106 valence electrons. The summed E-state index contributed by atoms with van der Waals surface area (Å²) >= 11 is 0. The van der Waals surface area contributed by atoms with E-state index in [1.54, 1.807) is 6.20 Å². The second-order valence-electron chi connectivity index (χ2n) is 5.67. The first-order valence-electron chi connectivity index (χ1n) is 8.01. The van der Waals surface area contributed by atoms with Crippen LogP contribution in [0.25, 0.3) is 0 Å². The van der Waals surface area contributed by atoms with E-state index in [9.17, 15) is 0 Å². The van der Waals surface area contributed by atoms with Crippen molar-refractivity contribution in [2.24, 2.45) is 11.7 Å². The highest BCUT2D eigenvalue weighted by atomic mass is 14.8. The molecular weight excluding hydrogens is 220 g/mol. The van der Waals surface area contributed by atoms with Crippen LogP contribution in [0.4, 0.5) is 0 Å². The van der Waals surface area contributed by atoms with Gasteiger partial charge in [-0.3, -0.25) is 0 Å². The van der Waals surface area contributed by atoms with Crippen LogP contribution in [-0.2, 0) is 0 Å². The number of allylic oxidation sites excluding steroid dienone is 1. The van der Waals surface area contributed by atoms with Gasteiger partial charge in [-0.05, 0) is 50.9 Å². The highest BCUT2D eigenvalue weighted by Crippen LogP contribution is 2.25. The zero-order chi connectivity index (χ0) is 12.9. The van der Waals surface area contributed by atoms with Gasteiger partial charge in [-0.25, -0.2) is 0 Å². The molecule has 18 heavy (non-hydrogen) atoms. The number of rotatable bonds is 10. The van der Waals surface area contributed by atoms with E-state index in [4.69, 9.17) is 5.73 Å². The lowest BCUT2D eigenvalue weighted by Crippen LogP contribution is -2.20. The van der Waals surface area contributed by atoms with Crippen molar-refractivity contribution >= 4 is 0 Å². The number of nitrogens with one attached hydrogen (secondary N) is 1. The van der Waals surface area contributed by atoms with Crippen molar-refractivity contribution in [1.29, 1.82) is 0 Å². The van der Waals surface area contributed by atoms with Crippen LogP contribution >= 0.6 is 0 Å². The van der Waals surface area contributed by atoms with E-state index in [0.717, 1.165) is 12.3 Å². The molecule has 1 rings (SSSR count). The second kappa shape index (κ2) is 11.6. The van der Waals surface area contributed by atoms with E-state index < -0.39 is 0 Å². The molecule has 0 bridgehead atoms. The maximum Gasteiger partial charge on any atom is -0.00463 e. The smallest absolute Gasteiger partial charge is 0.00463 e. The van der Waals surface area contributed by atoms with E-state index in [-0.39, 0.29) is 0 Å². The lowest BCUT2D eigenvalue weighted by atomic mass is 9.87. The van der Waals surface area contributed by atoms with Gasteiger partial charge in [-0.2, -0.15) is 0 Å². The Balaban J connectivity index is 1.75. The van der Waals surface area contributed by atoms with Crippen LogP contribution in [0.3, 0.4) is 0 Å². The minimum atomic E-state index is 1.02. The highest BCUT2D eigenvalue weighted by molar-refractivity contribution is 4.74. The molecule has 0 amide bonds. The van der Waals surface area contributed by atoms with Gasteiger partial charge in [-0.15, -0.1) is 0 Å². The standard InChI is InChI=1S/C16H32N2/c17-13-8-3-1-2-4-9-14-18-15-12-16-10-6-5-7-11-16/h8,13,16,18H,1-7,9-12,14-15,17H2. The number of nitrogens with two attached hydrogens (primary N) is 1. The molecule has 0 aromatic rings. The van der Waals surface area contributed by atoms with Gasteiger partial charge in [0.25, 0.3) is 0 Å². The Morgan fingerprint density at radius 3 is 2.50 bits per heavy atom. The monoisotopic (exact) mass is 252 g/mol. The third kappa shape index (κ3) is 8.57. The molecular formula is C16H32N2. The van der Waals surface area contributed by atoms with Gasteiger partial charge in [0.2, 0.25) is 0 Å². The summed E-state index contributed by atoms with van der Waals surface area (Å²) in [5.74, 6) is 1.02. The lowest BCUT2D eigenvalue weighted by molar-refractivity contribution is 0.333. The van der Waals surface area contributed by atoms with Crippen LogP contribution in [0, 0.1) is 5.92 Å². The van der Waals surface area contributed by atoms with Crippen molar-refractivity contribution in [3.8, 4) is 0 Å². The average molecular weight is 252 g/mol. The average Bonchev–Trinajstić information content (AvgIpc) is 2.42. The first kappa shape index (κ1) is 15.6. The van der Waals surface area contributed by atoms with Crippen LogP contribution in [-0.4, -0.2) is 13.1 Å². The Kier molecular flexibility index (Phi) is 10.0. The minimum absolute atomic E-state index is 1.02. The molecule has 1 aliphatic rings. The van der Waals surface area contributed by atoms with Crippen LogP contribution < -0.4 is 11.1 Å². The Bertz CT molecular complexity index is 195. The Hall–Kier alpha value is -0.500. The van der Waals surface area contributed by atoms with E-state index in [1.807, 2.05) is 0 Å². The summed E-state index contributed by atoms with van der Waals surface area (Å²) < 4.78 is 0. The fourth-order valence-corrected chi connectivity index (χ4v) is 2.87. The summed E-state index contributed by atoms with van der Waals surface area (Å²) in [6.07, 6.45) is 19.0. The molecule has 2 nitrogen and oxygen atoms in total. The number of unbranched alkanes of at least 4 members (excludes halogenated alkanes) is 4. The van der Waals surface area contributed by atoms with Crippen molar-refractivity contribution in [3.05, 3.63) is 12.3 Å². The van der Waals surface area contributed by atoms with Crippen LogP contribution in [0.5, 0.6) is 0 Å². The third-order valence-electron chi connectivity index (χ3n) is 4.06. The fraction of sp³-hybridized carbons (Fsp3) is 0.875. The van der Waals surface area contributed by atoms with Gasteiger partial charge in [0, 0.05) is 0 Å². The maximum atomic E-state index is 5.30. The first-order valence-corrected chi connectivity index (χ1v) is 8.01. The van der Waals surface area contributed by atoms with E-state index in [1.165, 1.54) is 77.3 Å². The van der Waals surface area contributed by atoms with Gasteiger partial charge in [0.15, 0.2) is 0 Å². The molecule has 1 aliphatic carbocycles. The second-order valence-corrected chi connectivity index (χ2v) is 5.67. The molecule has 0 spiro atoms. The zero-order valence-corrected chi connectivity index (χ0v) is 12.0. The Labute approximate surface area is 113 Å². The van der Waals surface area contributed by atoms with Crippen LogP contribution in [0.2, 0.25) is 0 Å². The van der Waals surface area contributed by atoms with Gasteiger partial charge in [0.1, 0.15) is 0 Å². The zero-order valence-electron chi connectivity index (χ0n) is 12.0. The number of hydrogen-bond acceptors (Lipinski definition) is 2. The maximum absolute atomic E-state index is 5.30. The summed E-state index contributed by atoms with van der Waals surface area (Å²) in [6, 6.07) is 0. The summed E-state index contributed by atoms with van der Waals surface area (Å²) in [6.45, 7) is 2.44. The highest BCUT2D eigenvalue weighted by Gasteiger charge is 2.12. The van der Waals surface area contributed by atoms with Crippen molar-refractivity contribution < 1.29 is 0 Å². The van der Waals surface area contributed by atoms with Gasteiger partial charge in [0.05, 0.1) is 0 Å². The molecule has 0 atom stereocenters. The Morgan fingerprint density at radius 1 is 0.944 bits per heavy atom. The van der Waals surface area contributed by atoms with Crippen LogP contribution in [0.15, 0.2) is 12.3 Å². The molecule has 0 aromatic carbocycles. The molecule has 1 fully saturated rings. The molecule has 1 saturated carbocycles. The van der Waals surface area contributed by atoms with Crippen molar-refractivity contribution in [2.45, 2.75) is 70.6 Å². The Morgan fingerprint density at radius 2 is 1.72 bits per heavy atom. The minimum Gasteiger partial charge on any atom is -0.405 e. The predicted octanol–water partition coefficient (Wildman–Crippen LogP) is 3.97. The predicted molar refractivity (Wildman–Crippen MR) is 80.5 cm³/mol. The molecule has 0 aromatic heterocycles. The SMILES string of the molecule is NC=CCCCCCCNCCC1CCCCC1. The molecule has 0 heterocycles. The van der Waals surface area contributed by atoms with E-state index in [0.29, 0.717) is 0 Å². The van der Waals surface area contributed by atoms with Crippen molar-refractivity contribution in [1.82, 2.24) is 5.32 Å². The molecule has 2 heteroatoms. The van der Waals surface area contributed by atoms with Crippen molar-refractivity contribution in [2.75, 3.05) is 13.1 Å². The summed E-state index contributed by atoms with van der Waals surface area (Å²) in [7, 11) is 0.